The maximum atomic E-state index is 10.3. The third kappa shape index (κ3) is 23.6. The maximum absolute atomic E-state index is 10.3. The molecule has 0 saturated heterocycles. The first-order valence-corrected chi connectivity index (χ1v) is 11.7. The number of hydrogen-bond acceptors (Lipinski definition) is 3. The van der Waals surface area contributed by atoms with Crippen LogP contribution >= 0.6 is 0 Å². The Hall–Kier alpha value is -0.390. The number of hydrogen-bond donors (Lipinski definition) is 1. The molecule has 0 bridgehead atoms. The second kappa shape index (κ2) is 18.4. The summed E-state index contributed by atoms with van der Waals surface area (Å²) in [7, 11) is -4.25. The Labute approximate surface area is 156 Å². The molecule has 0 radical (unpaired) electrons. The monoisotopic (exact) mass is 376 g/mol. The largest absolute Gasteiger partial charge is 0.397 e. The molecular weight excluding hydrogens is 336 g/mol. The molecule has 0 rings (SSSR count). The summed E-state index contributed by atoms with van der Waals surface area (Å²) in [6, 6.07) is 0. The summed E-state index contributed by atoms with van der Waals surface area (Å²) in [6.07, 6.45) is 24.5. The number of unbranched alkanes of at least 4 members (excludes halogenated alkanes) is 14. The van der Waals surface area contributed by atoms with E-state index in [0.29, 0.717) is 6.42 Å². The van der Waals surface area contributed by atoms with Crippen molar-refractivity contribution in [3.63, 3.8) is 0 Å². The lowest BCUT2D eigenvalue weighted by Gasteiger charge is -2.02. The summed E-state index contributed by atoms with van der Waals surface area (Å²) >= 11 is 0. The molecule has 4 nitrogen and oxygen atoms in total. The van der Waals surface area contributed by atoms with E-state index in [1.54, 1.807) is 0 Å². The molecule has 0 aliphatic heterocycles. The SMILES string of the molecule is CCCCCCCC/C=C\CCCCCCCCCCOS(=O)(=O)O. The molecule has 1 N–H and O–H groups in total. The molecule has 0 heterocycles. The molecule has 0 aliphatic carbocycles. The highest BCUT2D eigenvalue weighted by molar-refractivity contribution is 7.80. The highest BCUT2D eigenvalue weighted by atomic mass is 32.3. The lowest BCUT2D eigenvalue weighted by atomic mass is 10.1. The van der Waals surface area contributed by atoms with E-state index in [9.17, 15) is 8.42 Å². The summed E-state index contributed by atoms with van der Waals surface area (Å²) in [5.41, 5.74) is 0. The molecule has 0 amide bonds. The first-order valence-electron chi connectivity index (χ1n) is 10.3. The van der Waals surface area contributed by atoms with E-state index in [-0.39, 0.29) is 6.61 Å². The molecular formula is C20H40O4S. The van der Waals surface area contributed by atoms with Crippen molar-refractivity contribution < 1.29 is 17.2 Å². The topological polar surface area (TPSA) is 63.6 Å². The second-order valence-electron chi connectivity index (χ2n) is 6.89. The summed E-state index contributed by atoms with van der Waals surface area (Å²) in [5.74, 6) is 0. The smallest absolute Gasteiger partial charge is 0.264 e. The van der Waals surface area contributed by atoms with Crippen molar-refractivity contribution in [3.8, 4) is 0 Å². The van der Waals surface area contributed by atoms with Gasteiger partial charge in [-0.15, -0.1) is 0 Å². The van der Waals surface area contributed by atoms with Crippen LogP contribution in [0.5, 0.6) is 0 Å². The summed E-state index contributed by atoms with van der Waals surface area (Å²) < 4.78 is 33.4. The Morgan fingerprint density at radius 1 is 0.680 bits per heavy atom. The quantitative estimate of drug-likeness (QED) is 0.156. The van der Waals surface area contributed by atoms with Crippen molar-refractivity contribution in [2.24, 2.45) is 0 Å². The van der Waals surface area contributed by atoms with Gasteiger partial charge in [0.15, 0.2) is 0 Å². The third-order valence-corrected chi connectivity index (χ3v) is 4.85. The van der Waals surface area contributed by atoms with Crippen LogP contribution in [0.4, 0.5) is 0 Å². The Balaban J connectivity index is 3.12. The van der Waals surface area contributed by atoms with Gasteiger partial charge in [-0.2, -0.15) is 8.42 Å². The van der Waals surface area contributed by atoms with Crippen molar-refractivity contribution in [2.75, 3.05) is 6.61 Å². The van der Waals surface area contributed by atoms with Gasteiger partial charge in [0, 0.05) is 0 Å². The zero-order valence-electron chi connectivity index (χ0n) is 16.3. The molecule has 0 fully saturated rings. The van der Waals surface area contributed by atoms with E-state index < -0.39 is 10.4 Å². The summed E-state index contributed by atoms with van der Waals surface area (Å²) in [6.45, 7) is 2.35. The maximum Gasteiger partial charge on any atom is 0.397 e. The van der Waals surface area contributed by atoms with Crippen LogP contribution in [-0.2, 0) is 14.6 Å². The predicted octanol–water partition coefficient (Wildman–Crippen LogP) is 6.62. The van der Waals surface area contributed by atoms with Crippen LogP contribution in [-0.4, -0.2) is 19.6 Å². The average Bonchev–Trinajstić information content (AvgIpc) is 2.56. The minimum Gasteiger partial charge on any atom is -0.264 e. The molecule has 150 valence electrons. The molecule has 0 atom stereocenters. The van der Waals surface area contributed by atoms with Gasteiger partial charge in [0.2, 0.25) is 0 Å². The molecule has 0 aliphatic rings. The Morgan fingerprint density at radius 3 is 1.52 bits per heavy atom. The normalized spacial score (nSPS) is 12.2. The molecule has 0 aromatic heterocycles. The van der Waals surface area contributed by atoms with Crippen LogP contribution in [0.2, 0.25) is 0 Å². The van der Waals surface area contributed by atoms with Gasteiger partial charge in [0.05, 0.1) is 6.61 Å². The summed E-state index contributed by atoms with van der Waals surface area (Å²) in [5, 5.41) is 0. The van der Waals surface area contributed by atoms with Gasteiger partial charge in [0.1, 0.15) is 0 Å². The fraction of sp³-hybridized carbons (Fsp3) is 0.900. The van der Waals surface area contributed by atoms with Gasteiger partial charge in [-0.05, 0) is 32.1 Å². The lowest BCUT2D eigenvalue weighted by molar-refractivity contribution is 0.261. The van der Waals surface area contributed by atoms with Crippen LogP contribution in [0, 0.1) is 0 Å². The van der Waals surface area contributed by atoms with E-state index in [1.807, 2.05) is 0 Å². The highest BCUT2D eigenvalue weighted by Gasteiger charge is 2.02. The van der Waals surface area contributed by atoms with Gasteiger partial charge >= 0.3 is 10.4 Å². The first kappa shape index (κ1) is 24.6. The molecule has 0 aromatic carbocycles. The number of allylic oxidation sites excluding steroid dienone is 2. The Morgan fingerprint density at radius 2 is 1.08 bits per heavy atom. The van der Waals surface area contributed by atoms with Crippen molar-refractivity contribution in [1.82, 2.24) is 0 Å². The van der Waals surface area contributed by atoms with Gasteiger partial charge in [-0.3, -0.25) is 4.55 Å². The first-order chi connectivity index (χ1) is 12.1. The Bertz CT molecular complexity index is 391. The van der Waals surface area contributed by atoms with Gasteiger partial charge in [-0.1, -0.05) is 89.7 Å². The van der Waals surface area contributed by atoms with Gasteiger partial charge in [-0.25, -0.2) is 4.18 Å². The molecule has 0 aromatic rings. The molecule has 25 heavy (non-hydrogen) atoms. The predicted molar refractivity (Wildman–Crippen MR) is 106 cm³/mol. The second-order valence-corrected chi connectivity index (χ2v) is 7.99. The van der Waals surface area contributed by atoms with Gasteiger partial charge < -0.3 is 0 Å². The standard InChI is InChI=1S/C20H40O4S/c1-2-3-4-5-6-7-8-9-10-11-12-13-14-15-16-17-18-19-20-24-25(21,22)23/h9-10H,2-8,11-20H2,1H3,(H,21,22,23)/b10-9-. The van der Waals surface area contributed by atoms with E-state index in [4.69, 9.17) is 4.55 Å². The zero-order chi connectivity index (χ0) is 18.6. The van der Waals surface area contributed by atoms with Crippen LogP contribution in [0.15, 0.2) is 12.2 Å². The van der Waals surface area contributed by atoms with Crippen molar-refractivity contribution in [1.29, 1.82) is 0 Å². The van der Waals surface area contributed by atoms with Crippen molar-refractivity contribution in [2.45, 2.75) is 110 Å². The zero-order valence-corrected chi connectivity index (χ0v) is 17.1. The Kier molecular flexibility index (Phi) is 18.1. The molecule has 0 spiro atoms. The molecule has 0 unspecified atom stereocenters. The van der Waals surface area contributed by atoms with Gasteiger partial charge in [0.25, 0.3) is 0 Å². The molecule has 5 heteroatoms. The van der Waals surface area contributed by atoms with Crippen LogP contribution in [0.25, 0.3) is 0 Å². The van der Waals surface area contributed by atoms with Crippen LogP contribution in [0.1, 0.15) is 110 Å². The highest BCUT2D eigenvalue weighted by Crippen LogP contribution is 2.11. The summed E-state index contributed by atoms with van der Waals surface area (Å²) in [4.78, 5) is 0. The van der Waals surface area contributed by atoms with E-state index >= 15 is 0 Å². The van der Waals surface area contributed by atoms with E-state index in [2.05, 4.69) is 23.3 Å². The van der Waals surface area contributed by atoms with E-state index in [1.165, 1.54) is 83.5 Å². The average molecular weight is 377 g/mol. The van der Waals surface area contributed by atoms with E-state index in [0.717, 1.165) is 12.8 Å². The fourth-order valence-corrected chi connectivity index (χ4v) is 3.20. The van der Waals surface area contributed by atoms with Crippen LogP contribution in [0.3, 0.4) is 0 Å². The number of rotatable bonds is 19. The van der Waals surface area contributed by atoms with Crippen molar-refractivity contribution >= 4 is 10.4 Å². The van der Waals surface area contributed by atoms with Crippen LogP contribution < -0.4 is 0 Å². The third-order valence-electron chi connectivity index (χ3n) is 4.39. The molecule has 0 saturated carbocycles. The van der Waals surface area contributed by atoms with Crippen molar-refractivity contribution in [3.05, 3.63) is 12.2 Å². The lowest BCUT2D eigenvalue weighted by Crippen LogP contribution is -2.04. The minimum atomic E-state index is -4.25. The fourth-order valence-electron chi connectivity index (χ4n) is 2.87. The minimum absolute atomic E-state index is 0.0872.